The standard InChI is InChI=1S/C34H60N2O5/c1-3-5-7-9-11-13-15-19-24-30(41-33(38)28-22-16-14-12-10-8-6-4-2)25-20-17-18-21-27-32(37)36-31(34(39)40)26-23-29-35/h5,7,11,13,19,24,30-31H,3-4,6,8-10,12,14-18,20-23,25-29,35H2,1-2H3,(H,36,37)(H,39,40)/b7-5-,13-11-,24-19-. The highest BCUT2D eigenvalue weighted by atomic mass is 16.5. The van der Waals surface area contributed by atoms with E-state index in [1.807, 2.05) is 6.08 Å². The predicted octanol–water partition coefficient (Wildman–Crippen LogP) is 7.94. The van der Waals surface area contributed by atoms with Gasteiger partial charge in [0, 0.05) is 12.8 Å². The number of rotatable bonds is 28. The number of aliphatic carboxylic acids is 1. The molecule has 0 spiro atoms. The third-order valence-corrected chi connectivity index (χ3v) is 6.95. The van der Waals surface area contributed by atoms with Crippen molar-refractivity contribution in [3.05, 3.63) is 36.5 Å². The number of ether oxygens (including phenoxy) is 1. The van der Waals surface area contributed by atoms with Crippen molar-refractivity contribution >= 4 is 17.8 Å². The van der Waals surface area contributed by atoms with E-state index in [0.717, 1.165) is 57.8 Å². The monoisotopic (exact) mass is 576 g/mol. The zero-order valence-electron chi connectivity index (χ0n) is 26.1. The lowest BCUT2D eigenvalue weighted by molar-refractivity contribution is -0.147. The Labute approximate surface area is 250 Å². The molecule has 0 fully saturated rings. The second-order valence-electron chi connectivity index (χ2n) is 10.8. The van der Waals surface area contributed by atoms with Crippen molar-refractivity contribution < 1.29 is 24.2 Å². The Hall–Kier alpha value is -2.41. The van der Waals surface area contributed by atoms with Crippen LogP contribution in [0.1, 0.15) is 142 Å². The number of hydrogen-bond acceptors (Lipinski definition) is 5. The first-order valence-corrected chi connectivity index (χ1v) is 16.3. The first-order chi connectivity index (χ1) is 19.9. The number of nitrogens with one attached hydrogen (secondary N) is 1. The summed E-state index contributed by atoms with van der Waals surface area (Å²) >= 11 is 0. The Morgan fingerprint density at radius 1 is 0.732 bits per heavy atom. The molecule has 4 N–H and O–H groups in total. The number of unbranched alkanes of at least 4 members (excludes halogenated alkanes) is 10. The molecule has 7 heteroatoms. The van der Waals surface area contributed by atoms with Crippen LogP contribution < -0.4 is 11.1 Å². The summed E-state index contributed by atoms with van der Waals surface area (Å²) in [5.41, 5.74) is 5.45. The summed E-state index contributed by atoms with van der Waals surface area (Å²) in [4.78, 5) is 35.9. The fraction of sp³-hybridized carbons (Fsp3) is 0.735. The maximum absolute atomic E-state index is 12.5. The van der Waals surface area contributed by atoms with Crippen molar-refractivity contribution in [1.29, 1.82) is 0 Å². The zero-order chi connectivity index (χ0) is 30.4. The summed E-state index contributed by atoms with van der Waals surface area (Å²) in [6.07, 6.45) is 30.6. The molecule has 1 amide bonds. The van der Waals surface area contributed by atoms with Crippen molar-refractivity contribution in [2.24, 2.45) is 5.73 Å². The molecular weight excluding hydrogens is 516 g/mol. The van der Waals surface area contributed by atoms with Crippen LogP contribution in [-0.4, -0.2) is 41.6 Å². The molecule has 0 aromatic heterocycles. The topological polar surface area (TPSA) is 119 Å². The molecule has 0 aliphatic carbocycles. The molecule has 0 bridgehead atoms. The van der Waals surface area contributed by atoms with Gasteiger partial charge in [0.15, 0.2) is 0 Å². The Morgan fingerprint density at radius 3 is 1.95 bits per heavy atom. The average Bonchev–Trinajstić information content (AvgIpc) is 2.95. The van der Waals surface area contributed by atoms with Crippen LogP contribution in [0.25, 0.3) is 0 Å². The van der Waals surface area contributed by atoms with Gasteiger partial charge in [0.1, 0.15) is 12.1 Å². The van der Waals surface area contributed by atoms with E-state index in [1.54, 1.807) is 0 Å². The van der Waals surface area contributed by atoms with Crippen LogP contribution in [0.15, 0.2) is 36.5 Å². The average molecular weight is 577 g/mol. The fourth-order valence-electron chi connectivity index (χ4n) is 4.50. The SMILES string of the molecule is CC/C=C\C/C=C\C/C=C\C(CCCCCCC(=O)NC(CCCN)C(=O)O)OC(=O)CCCCCCCCCC. The maximum Gasteiger partial charge on any atom is 0.326 e. The molecular formula is C34H60N2O5. The van der Waals surface area contributed by atoms with Gasteiger partial charge in [-0.05, 0) is 70.4 Å². The normalized spacial score (nSPS) is 13.2. The highest BCUT2D eigenvalue weighted by molar-refractivity contribution is 5.83. The number of carbonyl (C=O) groups is 3. The van der Waals surface area contributed by atoms with Crippen molar-refractivity contribution in [2.75, 3.05) is 6.54 Å². The van der Waals surface area contributed by atoms with E-state index in [-0.39, 0.29) is 18.0 Å². The molecule has 0 aliphatic heterocycles. The molecule has 0 aromatic carbocycles. The van der Waals surface area contributed by atoms with Crippen LogP contribution in [0.4, 0.5) is 0 Å². The second kappa shape index (κ2) is 29.1. The summed E-state index contributed by atoms with van der Waals surface area (Å²) in [6.45, 7) is 4.75. The Morgan fingerprint density at radius 2 is 1.32 bits per heavy atom. The molecule has 0 rings (SSSR count). The molecule has 7 nitrogen and oxygen atoms in total. The minimum Gasteiger partial charge on any atom is -0.480 e. The summed E-state index contributed by atoms with van der Waals surface area (Å²) in [6, 6.07) is -0.873. The molecule has 0 heterocycles. The predicted molar refractivity (Wildman–Crippen MR) is 170 cm³/mol. The minimum absolute atomic E-state index is 0.120. The largest absolute Gasteiger partial charge is 0.480 e. The Kier molecular flexibility index (Phi) is 27.4. The van der Waals surface area contributed by atoms with E-state index in [9.17, 15) is 19.5 Å². The van der Waals surface area contributed by atoms with Crippen molar-refractivity contribution in [3.8, 4) is 0 Å². The van der Waals surface area contributed by atoms with E-state index in [0.29, 0.717) is 38.6 Å². The summed E-state index contributed by atoms with van der Waals surface area (Å²) in [7, 11) is 0. The summed E-state index contributed by atoms with van der Waals surface area (Å²) in [5.74, 6) is -1.37. The number of carbonyl (C=O) groups excluding carboxylic acids is 2. The van der Waals surface area contributed by atoms with E-state index < -0.39 is 12.0 Å². The Bertz CT molecular complexity index is 747. The molecule has 0 aromatic rings. The van der Waals surface area contributed by atoms with Crippen LogP contribution in [-0.2, 0) is 19.1 Å². The van der Waals surface area contributed by atoms with Gasteiger partial charge in [0.05, 0.1) is 0 Å². The van der Waals surface area contributed by atoms with Gasteiger partial charge >= 0.3 is 11.9 Å². The molecule has 2 atom stereocenters. The Balaban J connectivity index is 4.46. The summed E-state index contributed by atoms with van der Waals surface area (Å²) < 4.78 is 5.82. The van der Waals surface area contributed by atoms with Gasteiger partial charge in [-0.1, -0.05) is 102 Å². The number of amides is 1. The molecule has 0 saturated carbocycles. The first kappa shape index (κ1) is 38.6. The number of esters is 1. The molecule has 236 valence electrons. The van der Waals surface area contributed by atoms with E-state index in [1.165, 1.54) is 38.5 Å². The van der Waals surface area contributed by atoms with Crippen LogP contribution in [0.5, 0.6) is 0 Å². The summed E-state index contributed by atoms with van der Waals surface area (Å²) in [5, 5.41) is 11.8. The molecule has 41 heavy (non-hydrogen) atoms. The second-order valence-corrected chi connectivity index (χ2v) is 10.8. The van der Waals surface area contributed by atoms with E-state index in [2.05, 4.69) is 49.5 Å². The molecule has 2 unspecified atom stereocenters. The van der Waals surface area contributed by atoms with Gasteiger partial charge in [-0.25, -0.2) is 4.79 Å². The van der Waals surface area contributed by atoms with E-state index >= 15 is 0 Å². The number of carboxylic acids is 1. The lowest BCUT2D eigenvalue weighted by Crippen LogP contribution is -2.40. The number of allylic oxidation sites excluding steroid dienone is 5. The van der Waals surface area contributed by atoms with Crippen LogP contribution in [0, 0.1) is 0 Å². The number of hydrogen-bond donors (Lipinski definition) is 3. The van der Waals surface area contributed by atoms with Gasteiger partial charge in [0.2, 0.25) is 5.91 Å². The lowest BCUT2D eigenvalue weighted by Gasteiger charge is -2.15. The fourth-order valence-corrected chi connectivity index (χ4v) is 4.50. The van der Waals surface area contributed by atoms with Gasteiger partial charge < -0.3 is 20.9 Å². The maximum atomic E-state index is 12.5. The third kappa shape index (κ3) is 26.2. The van der Waals surface area contributed by atoms with Crippen LogP contribution in [0.3, 0.4) is 0 Å². The highest BCUT2D eigenvalue weighted by Crippen LogP contribution is 2.14. The van der Waals surface area contributed by atoms with Crippen LogP contribution >= 0.6 is 0 Å². The van der Waals surface area contributed by atoms with Crippen molar-refractivity contribution in [3.63, 3.8) is 0 Å². The smallest absolute Gasteiger partial charge is 0.326 e. The molecule has 0 radical (unpaired) electrons. The third-order valence-electron chi connectivity index (χ3n) is 6.95. The van der Waals surface area contributed by atoms with Gasteiger partial charge in [-0.15, -0.1) is 0 Å². The zero-order valence-corrected chi connectivity index (χ0v) is 26.1. The quantitative estimate of drug-likeness (QED) is 0.0494. The number of carboxylic acid groups (broad SMARTS) is 1. The molecule has 0 aliphatic rings. The van der Waals surface area contributed by atoms with E-state index in [4.69, 9.17) is 10.5 Å². The first-order valence-electron chi connectivity index (χ1n) is 16.3. The minimum atomic E-state index is -1.02. The van der Waals surface area contributed by atoms with Crippen LogP contribution in [0.2, 0.25) is 0 Å². The van der Waals surface area contributed by atoms with Gasteiger partial charge in [-0.2, -0.15) is 0 Å². The van der Waals surface area contributed by atoms with Gasteiger partial charge in [0.25, 0.3) is 0 Å². The molecule has 0 saturated heterocycles. The number of nitrogens with two attached hydrogens (primary N) is 1. The van der Waals surface area contributed by atoms with Crippen molar-refractivity contribution in [2.45, 2.75) is 154 Å². The lowest BCUT2D eigenvalue weighted by atomic mass is 10.1. The van der Waals surface area contributed by atoms with Crippen molar-refractivity contribution in [1.82, 2.24) is 5.32 Å². The van der Waals surface area contributed by atoms with Gasteiger partial charge in [-0.3, -0.25) is 9.59 Å². The highest BCUT2D eigenvalue weighted by Gasteiger charge is 2.18.